The normalized spacial score (nSPS) is 24.8. The third kappa shape index (κ3) is 3.57. The molecular weight excluding hydrogens is 238 g/mol. The van der Waals surface area contributed by atoms with E-state index in [1.165, 1.54) is 12.0 Å². The minimum absolute atomic E-state index is 0.0243. The van der Waals surface area contributed by atoms with Gasteiger partial charge in [0.05, 0.1) is 11.8 Å². The summed E-state index contributed by atoms with van der Waals surface area (Å²) in [5.74, 6) is 0. The third-order valence-electron chi connectivity index (χ3n) is 4.08. The van der Waals surface area contributed by atoms with Crippen LogP contribution in [-0.4, -0.2) is 34.6 Å². The van der Waals surface area contributed by atoms with Gasteiger partial charge in [-0.2, -0.15) is 5.10 Å². The standard InChI is InChI=1S/C15H27N3O/c1-4-8-16-14(15(3)7-6-9-19-15)10-13-11-17-18(5-2)12-13/h11-12,14,16H,4-10H2,1-3H3. The first kappa shape index (κ1) is 14.5. The second-order valence-corrected chi connectivity index (χ2v) is 5.68. The van der Waals surface area contributed by atoms with Gasteiger partial charge in [0.25, 0.3) is 0 Å². The summed E-state index contributed by atoms with van der Waals surface area (Å²) in [7, 11) is 0. The Labute approximate surface area is 116 Å². The van der Waals surface area contributed by atoms with Gasteiger partial charge in [0.15, 0.2) is 0 Å². The number of hydrogen-bond acceptors (Lipinski definition) is 3. The number of hydrogen-bond donors (Lipinski definition) is 1. The second kappa shape index (κ2) is 6.53. The van der Waals surface area contributed by atoms with Crippen molar-refractivity contribution in [1.82, 2.24) is 15.1 Å². The van der Waals surface area contributed by atoms with Crippen molar-refractivity contribution >= 4 is 0 Å². The highest BCUT2D eigenvalue weighted by Crippen LogP contribution is 2.30. The maximum absolute atomic E-state index is 6.02. The van der Waals surface area contributed by atoms with E-state index in [0.29, 0.717) is 6.04 Å². The molecule has 0 radical (unpaired) electrons. The average molecular weight is 265 g/mol. The van der Waals surface area contributed by atoms with Gasteiger partial charge in [-0.25, -0.2) is 0 Å². The quantitative estimate of drug-likeness (QED) is 0.822. The highest BCUT2D eigenvalue weighted by atomic mass is 16.5. The van der Waals surface area contributed by atoms with Gasteiger partial charge in [-0.15, -0.1) is 0 Å². The maximum Gasteiger partial charge on any atom is 0.0810 e. The summed E-state index contributed by atoms with van der Waals surface area (Å²) in [6.07, 6.45) is 8.62. The van der Waals surface area contributed by atoms with E-state index in [1.807, 2.05) is 10.9 Å². The monoisotopic (exact) mass is 265 g/mol. The average Bonchev–Trinajstić information content (AvgIpc) is 3.04. The van der Waals surface area contributed by atoms with Crippen molar-refractivity contribution in [3.63, 3.8) is 0 Å². The summed E-state index contributed by atoms with van der Waals surface area (Å²) >= 11 is 0. The minimum atomic E-state index is -0.0243. The van der Waals surface area contributed by atoms with Crippen LogP contribution in [0.1, 0.15) is 45.6 Å². The molecule has 2 atom stereocenters. The van der Waals surface area contributed by atoms with Gasteiger partial charge in [0, 0.05) is 25.4 Å². The predicted octanol–water partition coefficient (Wildman–Crippen LogP) is 2.38. The molecule has 0 amide bonds. The Morgan fingerprint density at radius 3 is 2.95 bits per heavy atom. The van der Waals surface area contributed by atoms with Crippen LogP contribution in [0.25, 0.3) is 0 Å². The molecule has 1 saturated heterocycles. The summed E-state index contributed by atoms with van der Waals surface area (Å²) in [6.45, 7) is 9.45. The lowest BCUT2D eigenvalue weighted by molar-refractivity contribution is -0.0114. The predicted molar refractivity (Wildman–Crippen MR) is 77.3 cm³/mol. The molecule has 2 rings (SSSR count). The Balaban J connectivity index is 2.04. The Kier molecular flexibility index (Phi) is 4.99. The van der Waals surface area contributed by atoms with Crippen LogP contribution in [0.5, 0.6) is 0 Å². The molecular formula is C15H27N3O. The molecule has 0 aliphatic carbocycles. The van der Waals surface area contributed by atoms with Crippen LogP contribution in [-0.2, 0) is 17.7 Å². The topological polar surface area (TPSA) is 39.1 Å². The lowest BCUT2D eigenvalue weighted by atomic mass is 9.89. The zero-order valence-corrected chi connectivity index (χ0v) is 12.5. The molecule has 4 heteroatoms. The Morgan fingerprint density at radius 2 is 2.37 bits per heavy atom. The fraction of sp³-hybridized carbons (Fsp3) is 0.800. The van der Waals surface area contributed by atoms with Crippen molar-refractivity contribution < 1.29 is 4.74 Å². The Hall–Kier alpha value is -0.870. The van der Waals surface area contributed by atoms with Crippen molar-refractivity contribution in [3.8, 4) is 0 Å². The van der Waals surface area contributed by atoms with E-state index in [4.69, 9.17) is 4.74 Å². The first-order valence-electron chi connectivity index (χ1n) is 7.56. The van der Waals surface area contributed by atoms with Gasteiger partial charge >= 0.3 is 0 Å². The summed E-state index contributed by atoms with van der Waals surface area (Å²) in [5.41, 5.74) is 1.27. The van der Waals surface area contributed by atoms with Crippen LogP contribution in [0.15, 0.2) is 12.4 Å². The summed E-state index contributed by atoms with van der Waals surface area (Å²) in [4.78, 5) is 0. The van der Waals surface area contributed by atoms with E-state index in [0.717, 1.165) is 39.0 Å². The molecule has 0 bridgehead atoms. The first-order valence-corrected chi connectivity index (χ1v) is 7.56. The van der Waals surface area contributed by atoms with Crippen LogP contribution in [0, 0.1) is 0 Å². The Morgan fingerprint density at radius 1 is 1.53 bits per heavy atom. The van der Waals surface area contributed by atoms with E-state index >= 15 is 0 Å². The number of rotatable bonds is 7. The lowest BCUT2D eigenvalue weighted by Crippen LogP contribution is -2.50. The van der Waals surface area contributed by atoms with Crippen LogP contribution >= 0.6 is 0 Å². The number of nitrogens with zero attached hydrogens (tertiary/aromatic N) is 2. The van der Waals surface area contributed by atoms with Crippen molar-refractivity contribution in [2.45, 2.75) is 64.6 Å². The maximum atomic E-state index is 6.02. The highest BCUT2D eigenvalue weighted by molar-refractivity contribution is 5.09. The Bertz CT molecular complexity index is 382. The summed E-state index contributed by atoms with van der Waals surface area (Å²) in [5, 5.41) is 8.03. The number of aryl methyl sites for hydroxylation is 1. The van der Waals surface area contributed by atoms with Gasteiger partial charge < -0.3 is 10.1 Å². The van der Waals surface area contributed by atoms with E-state index in [-0.39, 0.29) is 5.60 Å². The molecule has 1 aromatic heterocycles. The van der Waals surface area contributed by atoms with Crippen molar-refractivity contribution in [2.75, 3.05) is 13.2 Å². The molecule has 0 saturated carbocycles. The van der Waals surface area contributed by atoms with E-state index < -0.39 is 0 Å². The van der Waals surface area contributed by atoms with Crippen molar-refractivity contribution in [1.29, 1.82) is 0 Å². The van der Waals surface area contributed by atoms with Gasteiger partial charge in [-0.1, -0.05) is 6.92 Å². The van der Waals surface area contributed by atoms with E-state index in [1.54, 1.807) is 0 Å². The molecule has 1 fully saturated rings. The molecule has 2 unspecified atom stereocenters. The van der Waals surface area contributed by atoms with Crippen molar-refractivity contribution in [2.24, 2.45) is 0 Å². The molecule has 1 aliphatic heterocycles. The molecule has 108 valence electrons. The number of nitrogens with one attached hydrogen (secondary N) is 1. The third-order valence-corrected chi connectivity index (χ3v) is 4.08. The minimum Gasteiger partial charge on any atom is -0.374 e. The molecule has 2 heterocycles. The van der Waals surface area contributed by atoms with E-state index in [2.05, 4.69) is 37.4 Å². The zero-order valence-electron chi connectivity index (χ0n) is 12.5. The van der Waals surface area contributed by atoms with Crippen LogP contribution < -0.4 is 5.32 Å². The highest BCUT2D eigenvalue weighted by Gasteiger charge is 2.38. The van der Waals surface area contributed by atoms with Gasteiger partial charge in [0.1, 0.15) is 0 Å². The van der Waals surface area contributed by atoms with Crippen LogP contribution in [0.2, 0.25) is 0 Å². The fourth-order valence-corrected chi connectivity index (χ4v) is 2.82. The number of aromatic nitrogens is 2. The van der Waals surface area contributed by atoms with Gasteiger partial charge in [0.2, 0.25) is 0 Å². The fourth-order valence-electron chi connectivity index (χ4n) is 2.82. The molecule has 1 aromatic rings. The smallest absolute Gasteiger partial charge is 0.0810 e. The SMILES string of the molecule is CCCNC(Cc1cnn(CC)c1)C1(C)CCCO1. The van der Waals surface area contributed by atoms with Crippen LogP contribution in [0.4, 0.5) is 0 Å². The zero-order chi connectivity index (χ0) is 13.7. The van der Waals surface area contributed by atoms with E-state index in [9.17, 15) is 0 Å². The molecule has 0 aromatic carbocycles. The van der Waals surface area contributed by atoms with Gasteiger partial charge in [-0.3, -0.25) is 4.68 Å². The summed E-state index contributed by atoms with van der Waals surface area (Å²) < 4.78 is 8.01. The molecule has 4 nitrogen and oxygen atoms in total. The second-order valence-electron chi connectivity index (χ2n) is 5.68. The molecule has 19 heavy (non-hydrogen) atoms. The first-order chi connectivity index (χ1) is 9.18. The number of ether oxygens (including phenoxy) is 1. The largest absolute Gasteiger partial charge is 0.374 e. The lowest BCUT2D eigenvalue weighted by Gasteiger charge is -2.34. The van der Waals surface area contributed by atoms with Gasteiger partial charge in [-0.05, 0) is 51.6 Å². The molecule has 1 N–H and O–H groups in total. The molecule has 1 aliphatic rings. The molecule has 0 spiro atoms. The van der Waals surface area contributed by atoms with Crippen LogP contribution in [0.3, 0.4) is 0 Å². The summed E-state index contributed by atoms with van der Waals surface area (Å²) in [6, 6.07) is 0.379. The van der Waals surface area contributed by atoms with Crippen molar-refractivity contribution in [3.05, 3.63) is 18.0 Å².